The molecule has 0 radical (unpaired) electrons. The minimum Gasteiger partial charge on any atom is -0.497 e. The first-order chi connectivity index (χ1) is 16.4. The van der Waals surface area contributed by atoms with E-state index in [2.05, 4.69) is 22.5 Å². The van der Waals surface area contributed by atoms with Gasteiger partial charge in [-0.1, -0.05) is 6.07 Å². The number of nitrogens with one attached hydrogen (secondary N) is 2. The van der Waals surface area contributed by atoms with Gasteiger partial charge in [0.2, 0.25) is 0 Å². The average Bonchev–Trinajstić information content (AvgIpc) is 3.46. The fraction of sp³-hybridized carbons (Fsp3) is 0.231. The van der Waals surface area contributed by atoms with E-state index in [1.165, 1.54) is 17.6 Å². The molecule has 4 aromatic rings. The van der Waals surface area contributed by atoms with Gasteiger partial charge in [-0.15, -0.1) is 11.3 Å². The molecule has 7 nitrogen and oxygen atoms in total. The van der Waals surface area contributed by atoms with Crippen LogP contribution >= 0.6 is 11.3 Å². The molecule has 0 aliphatic heterocycles. The van der Waals surface area contributed by atoms with Crippen LogP contribution in [0.1, 0.15) is 43.9 Å². The Labute approximate surface area is 202 Å². The Bertz CT molecular complexity index is 1300. The zero-order chi connectivity index (χ0) is 24.2. The quantitative estimate of drug-likeness (QED) is 0.317. The van der Waals surface area contributed by atoms with Crippen LogP contribution in [-0.2, 0) is 0 Å². The lowest BCUT2D eigenvalue weighted by atomic mass is 9.95. The summed E-state index contributed by atoms with van der Waals surface area (Å²) in [4.78, 5) is 18.6. The summed E-state index contributed by atoms with van der Waals surface area (Å²) < 4.78 is 16.4. The van der Waals surface area contributed by atoms with Crippen molar-refractivity contribution in [2.24, 2.45) is 0 Å². The second-order valence-corrected chi connectivity index (χ2v) is 9.03. The Morgan fingerprint density at radius 2 is 1.88 bits per heavy atom. The van der Waals surface area contributed by atoms with Gasteiger partial charge in [0, 0.05) is 27.8 Å². The maximum Gasteiger partial charge on any atom is 0.291 e. The Balaban J connectivity index is 1.85. The van der Waals surface area contributed by atoms with Gasteiger partial charge >= 0.3 is 0 Å². The Morgan fingerprint density at radius 1 is 1.06 bits per heavy atom. The van der Waals surface area contributed by atoms with Crippen LogP contribution in [0.15, 0.2) is 59.2 Å². The molecule has 2 N–H and O–H groups in total. The molecule has 0 aliphatic rings. The number of methoxy groups -OCH3 is 2. The first-order valence-electron chi connectivity index (χ1n) is 10.8. The number of hydrogen-bond donors (Lipinski definition) is 2. The number of aromatic nitrogens is 1. The van der Waals surface area contributed by atoms with Crippen LogP contribution in [-0.4, -0.2) is 25.1 Å². The number of nitrogens with zero attached hydrogens (tertiary/aromatic N) is 1. The molecule has 4 rings (SSSR count). The minimum absolute atomic E-state index is 0.251. The van der Waals surface area contributed by atoms with E-state index in [9.17, 15) is 4.79 Å². The summed E-state index contributed by atoms with van der Waals surface area (Å²) in [6, 6.07) is 14.5. The van der Waals surface area contributed by atoms with Crippen molar-refractivity contribution < 1.29 is 18.7 Å². The van der Waals surface area contributed by atoms with E-state index >= 15 is 0 Å². The van der Waals surface area contributed by atoms with Gasteiger partial charge in [0.25, 0.3) is 5.91 Å². The van der Waals surface area contributed by atoms with Crippen LogP contribution in [0.3, 0.4) is 0 Å². The van der Waals surface area contributed by atoms with E-state index in [1.54, 1.807) is 26.4 Å². The molecule has 0 saturated carbocycles. The van der Waals surface area contributed by atoms with Crippen molar-refractivity contribution in [1.82, 2.24) is 4.98 Å². The molecular formula is C26H27N3O4S. The summed E-state index contributed by atoms with van der Waals surface area (Å²) in [5.74, 6) is 2.02. The number of furan rings is 1. The van der Waals surface area contributed by atoms with Crippen molar-refractivity contribution in [2.45, 2.75) is 26.8 Å². The maximum atomic E-state index is 12.8. The highest BCUT2D eigenvalue weighted by Crippen LogP contribution is 2.44. The molecule has 1 aromatic carbocycles. The summed E-state index contributed by atoms with van der Waals surface area (Å²) >= 11 is 1.52. The third-order valence-electron chi connectivity index (χ3n) is 5.62. The number of thiophene rings is 1. The van der Waals surface area contributed by atoms with Crippen LogP contribution in [0.25, 0.3) is 0 Å². The van der Waals surface area contributed by atoms with E-state index < -0.39 is 0 Å². The monoisotopic (exact) mass is 477 g/mol. The molecule has 0 aliphatic carbocycles. The maximum absolute atomic E-state index is 12.8. The summed E-state index contributed by atoms with van der Waals surface area (Å²) in [7, 11) is 3.25. The third-order valence-corrected chi connectivity index (χ3v) is 6.76. The van der Waals surface area contributed by atoms with Gasteiger partial charge in [-0.05, 0) is 62.7 Å². The lowest BCUT2D eigenvalue weighted by Crippen LogP contribution is -2.18. The van der Waals surface area contributed by atoms with Gasteiger partial charge in [0.15, 0.2) is 5.76 Å². The van der Waals surface area contributed by atoms with Crippen molar-refractivity contribution in [3.63, 3.8) is 0 Å². The van der Waals surface area contributed by atoms with Crippen molar-refractivity contribution >= 4 is 28.1 Å². The van der Waals surface area contributed by atoms with E-state index in [1.807, 2.05) is 50.2 Å². The van der Waals surface area contributed by atoms with Crippen LogP contribution in [0, 0.1) is 20.8 Å². The zero-order valence-corrected chi connectivity index (χ0v) is 20.6. The van der Waals surface area contributed by atoms with Gasteiger partial charge in [-0.3, -0.25) is 4.79 Å². The average molecular weight is 478 g/mol. The third kappa shape index (κ3) is 4.77. The number of amides is 1. The number of ether oxygens (including phenoxy) is 2. The first-order valence-corrected chi connectivity index (χ1v) is 11.6. The molecular weight excluding hydrogens is 450 g/mol. The molecule has 3 heterocycles. The summed E-state index contributed by atoms with van der Waals surface area (Å²) in [6.07, 6.45) is 1.48. The van der Waals surface area contributed by atoms with E-state index in [4.69, 9.17) is 13.9 Å². The van der Waals surface area contributed by atoms with Gasteiger partial charge < -0.3 is 24.5 Å². The van der Waals surface area contributed by atoms with Gasteiger partial charge in [-0.2, -0.15) is 0 Å². The number of carbonyl (C=O) groups is 1. The zero-order valence-electron chi connectivity index (χ0n) is 19.8. The molecule has 1 atom stereocenters. The Hall–Kier alpha value is -3.78. The molecule has 0 saturated heterocycles. The Morgan fingerprint density at radius 3 is 2.56 bits per heavy atom. The first kappa shape index (κ1) is 23.4. The van der Waals surface area contributed by atoms with Crippen molar-refractivity contribution in [3.8, 4) is 11.5 Å². The number of carbonyl (C=O) groups excluding carboxylic acids is 1. The molecule has 0 unspecified atom stereocenters. The highest BCUT2D eigenvalue weighted by Gasteiger charge is 2.28. The lowest BCUT2D eigenvalue weighted by molar-refractivity contribution is 0.0997. The van der Waals surface area contributed by atoms with Crippen molar-refractivity contribution in [3.05, 3.63) is 87.8 Å². The Kier molecular flexibility index (Phi) is 6.88. The summed E-state index contributed by atoms with van der Waals surface area (Å²) in [5.41, 5.74) is 3.80. The second-order valence-electron chi connectivity index (χ2n) is 7.81. The summed E-state index contributed by atoms with van der Waals surface area (Å²) in [5, 5.41) is 7.34. The van der Waals surface area contributed by atoms with Crippen LogP contribution in [0.4, 0.5) is 10.8 Å². The fourth-order valence-corrected chi connectivity index (χ4v) is 4.89. The second kappa shape index (κ2) is 10.0. The van der Waals surface area contributed by atoms with Crippen LogP contribution in [0.2, 0.25) is 0 Å². The number of benzene rings is 1. The van der Waals surface area contributed by atoms with Gasteiger partial charge in [-0.25, -0.2) is 4.98 Å². The molecule has 176 valence electrons. The molecule has 0 spiro atoms. The fourth-order valence-electron chi connectivity index (χ4n) is 3.79. The number of rotatable bonds is 8. The molecule has 3 aromatic heterocycles. The molecule has 0 bridgehead atoms. The highest BCUT2D eigenvalue weighted by molar-refractivity contribution is 7.16. The normalized spacial score (nSPS) is 11.7. The number of aryl methyl sites for hydroxylation is 2. The van der Waals surface area contributed by atoms with E-state index in [-0.39, 0.29) is 17.7 Å². The van der Waals surface area contributed by atoms with E-state index in [0.717, 1.165) is 38.1 Å². The van der Waals surface area contributed by atoms with Crippen LogP contribution in [0.5, 0.6) is 11.5 Å². The minimum atomic E-state index is -0.355. The predicted octanol–water partition coefficient (Wildman–Crippen LogP) is 6.13. The molecule has 34 heavy (non-hydrogen) atoms. The number of anilines is 2. The highest BCUT2D eigenvalue weighted by atomic mass is 32.1. The largest absolute Gasteiger partial charge is 0.497 e. The SMILES string of the molecule is COc1ccc([C@@H](Nc2cccc(C)n2)c2c(NC(=O)c3ccco3)sc(C)c2C)c(OC)c1. The molecule has 1 amide bonds. The topological polar surface area (TPSA) is 85.6 Å². The van der Waals surface area contributed by atoms with Gasteiger partial charge in [0.05, 0.1) is 26.5 Å². The van der Waals surface area contributed by atoms with Gasteiger partial charge in [0.1, 0.15) is 22.3 Å². The summed E-state index contributed by atoms with van der Waals surface area (Å²) in [6.45, 7) is 6.04. The standard InChI is InChI=1S/C26H27N3O4S/c1-15-8-6-10-22(27-15)28-24(19-12-11-18(31-4)14-21(19)32-5)23-16(2)17(3)34-26(23)29-25(30)20-9-7-13-33-20/h6-14,24H,1-5H3,(H,27,28)(H,29,30)/t24-/m1/s1. The number of hydrogen-bond acceptors (Lipinski definition) is 7. The van der Waals surface area contributed by atoms with E-state index in [0.29, 0.717) is 11.5 Å². The van der Waals surface area contributed by atoms with Crippen molar-refractivity contribution in [2.75, 3.05) is 24.9 Å². The number of pyridine rings is 1. The lowest BCUT2D eigenvalue weighted by Gasteiger charge is -2.24. The predicted molar refractivity (Wildman–Crippen MR) is 134 cm³/mol. The molecule has 0 fully saturated rings. The smallest absolute Gasteiger partial charge is 0.291 e. The molecule has 8 heteroatoms. The van der Waals surface area contributed by atoms with Crippen molar-refractivity contribution in [1.29, 1.82) is 0 Å². The van der Waals surface area contributed by atoms with Crippen LogP contribution < -0.4 is 20.1 Å².